The van der Waals surface area contributed by atoms with E-state index < -0.39 is 0 Å². The Morgan fingerprint density at radius 2 is 1.79 bits per heavy atom. The number of ether oxygens (including phenoxy) is 1. The van der Waals surface area contributed by atoms with Crippen molar-refractivity contribution in [3.63, 3.8) is 0 Å². The van der Waals surface area contributed by atoms with E-state index in [4.69, 9.17) is 10.5 Å². The van der Waals surface area contributed by atoms with E-state index in [0.717, 1.165) is 12.2 Å². The summed E-state index contributed by atoms with van der Waals surface area (Å²) in [6.45, 7) is 5.47. The van der Waals surface area contributed by atoms with Gasteiger partial charge in [-0.2, -0.15) is 0 Å². The monoisotopic (exact) mass is 255 g/mol. The zero-order valence-corrected chi connectivity index (χ0v) is 11.6. The lowest BCUT2D eigenvalue weighted by atomic mass is 10.1. The van der Waals surface area contributed by atoms with Gasteiger partial charge in [-0.1, -0.05) is 42.0 Å². The minimum atomic E-state index is 0.606. The smallest absolute Gasteiger partial charge is 0.123 e. The minimum Gasteiger partial charge on any atom is -0.489 e. The van der Waals surface area contributed by atoms with Crippen molar-refractivity contribution in [2.75, 3.05) is 6.54 Å². The van der Waals surface area contributed by atoms with Crippen LogP contribution in [0.15, 0.2) is 42.5 Å². The lowest BCUT2D eigenvalue weighted by Crippen LogP contribution is -2.06. The summed E-state index contributed by atoms with van der Waals surface area (Å²) < 4.78 is 5.96. The fourth-order valence-electron chi connectivity index (χ4n) is 2.12. The molecule has 0 amide bonds. The molecule has 2 rings (SSSR count). The SMILES string of the molecule is Cc1ccc(C)c(COc2ccccc2CCN)c1. The van der Waals surface area contributed by atoms with E-state index in [1.54, 1.807) is 0 Å². The van der Waals surface area contributed by atoms with Gasteiger partial charge in [0, 0.05) is 0 Å². The molecular formula is C17H21NO. The van der Waals surface area contributed by atoms with Crippen LogP contribution >= 0.6 is 0 Å². The van der Waals surface area contributed by atoms with E-state index in [1.807, 2.05) is 18.2 Å². The number of nitrogens with two attached hydrogens (primary N) is 1. The molecule has 2 aromatic carbocycles. The molecule has 0 aliphatic carbocycles. The molecule has 0 spiro atoms. The maximum atomic E-state index is 5.96. The van der Waals surface area contributed by atoms with Crippen molar-refractivity contribution in [3.05, 3.63) is 64.7 Å². The van der Waals surface area contributed by atoms with Gasteiger partial charge in [-0.3, -0.25) is 0 Å². The van der Waals surface area contributed by atoms with Crippen molar-refractivity contribution in [3.8, 4) is 5.75 Å². The highest BCUT2D eigenvalue weighted by Gasteiger charge is 2.04. The topological polar surface area (TPSA) is 35.2 Å². The number of hydrogen-bond donors (Lipinski definition) is 1. The van der Waals surface area contributed by atoms with Crippen molar-refractivity contribution in [1.29, 1.82) is 0 Å². The van der Waals surface area contributed by atoms with Crippen LogP contribution in [0.2, 0.25) is 0 Å². The molecule has 0 radical (unpaired) electrons. The highest BCUT2D eigenvalue weighted by molar-refractivity contribution is 5.35. The molecule has 19 heavy (non-hydrogen) atoms. The van der Waals surface area contributed by atoms with E-state index in [1.165, 1.54) is 22.3 Å². The Kier molecular flexibility index (Phi) is 4.58. The zero-order valence-electron chi connectivity index (χ0n) is 11.6. The van der Waals surface area contributed by atoms with Crippen LogP contribution in [0.5, 0.6) is 5.75 Å². The Hall–Kier alpha value is -1.80. The Balaban J connectivity index is 2.12. The fraction of sp³-hybridized carbons (Fsp3) is 0.294. The van der Waals surface area contributed by atoms with Crippen LogP contribution in [0.25, 0.3) is 0 Å². The highest BCUT2D eigenvalue weighted by Crippen LogP contribution is 2.20. The predicted octanol–water partition coefficient (Wildman–Crippen LogP) is 3.38. The largest absolute Gasteiger partial charge is 0.489 e. The molecule has 0 unspecified atom stereocenters. The first-order valence-corrected chi connectivity index (χ1v) is 6.67. The summed E-state index contributed by atoms with van der Waals surface area (Å²) in [5, 5.41) is 0. The van der Waals surface area contributed by atoms with E-state index in [-0.39, 0.29) is 0 Å². The Morgan fingerprint density at radius 1 is 1.00 bits per heavy atom. The molecule has 2 N–H and O–H groups in total. The maximum Gasteiger partial charge on any atom is 0.123 e. The summed E-state index contributed by atoms with van der Waals surface area (Å²) in [7, 11) is 0. The summed E-state index contributed by atoms with van der Waals surface area (Å²) in [5.74, 6) is 0.939. The normalized spacial score (nSPS) is 10.5. The Morgan fingerprint density at radius 3 is 2.58 bits per heavy atom. The molecule has 0 atom stereocenters. The molecule has 0 fully saturated rings. The second kappa shape index (κ2) is 6.39. The van der Waals surface area contributed by atoms with Gasteiger partial charge >= 0.3 is 0 Å². The molecule has 2 nitrogen and oxygen atoms in total. The summed E-state index contributed by atoms with van der Waals surface area (Å²) in [5.41, 5.74) is 10.6. The predicted molar refractivity (Wildman–Crippen MR) is 79.4 cm³/mol. The van der Waals surface area contributed by atoms with Gasteiger partial charge in [-0.15, -0.1) is 0 Å². The number of rotatable bonds is 5. The lowest BCUT2D eigenvalue weighted by Gasteiger charge is -2.12. The molecule has 0 aromatic heterocycles. The standard InChI is InChI=1S/C17H21NO/c1-13-7-8-14(2)16(11-13)12-19-17-6-4-3-5-15(17)9-10-18/h3-8,11H,9-10,12,18H2,1-2H3. The van der Waals surface area contributed by atoms with Gasteiger partial charge < -0.3 is 10.5 Å². The third-order valence-electron chi connectivity index (χ3n) is 3.27. The molecule has 0 aliphatic rings. The first kappa shape index (κ1) is 13.6. The molecule has 2 heteroatoms. The van der Waals surface area contributed by atoms with Crippen LogP contribution < -0.4 is 10.5 Å². The molecule has 0 bridgehead atoms. The number of hydrogen-bond acceptors (Lipinski definition) is 2. The van der Waals surface area contributed by atoms with Gasteiger partial charge in [0.05, 0.1) is 0 Å². The summed E-state index contributed by atoms with van der Waals surface area (Å²) in [4.78, 5) is 0. The number of benzene rings is 2. The highest BCUT2D eigenvalue weighted by atomic mass is 16.5. The fourth-order valence-corrected chi connectivity index (χ4v) is 2.12. The molecule has 100 valence electrons. The second-order valence-corrected chi connectivity index (χ2v) is 4.87. The Bertz CT molecular complexity index is 549. The van der Waals surface area contributed by atoms with Gasteiger partial charge in [0.25, 0.3) is 0 Å². The van der Waals surface area contributed by atoms with Gasteiger partial charge in [-0.05, 0) is 49.6 Å². The number of para-hydroxylation sites is 1. The maximum absolute atomic E-state index is 5.96. The average Bonchev–Trinajstić information content (AvgIpc) is 2.42. The molecule has 0 saturated carbocycles. The van der Waals surface area contributed by atoms with Crippen LogP contribution in [-0.2, 0) is 13.0 Å². The van der Waals surface area contributed by atoms with Crippen LogP contribution in [-0.4, -0.2) is 6.54 Å². The van der Waals surface area contributed by atoms with Gasteiger partial charge in [0.15, 0.2) is 0 Å². The van der Waals surface area contributed by atoms with Crippen molar-refractivity contribution in [2.45, 2.75) is 26.9 Å². The van der Waals surface area contributed by atoms with E-state index in [2.05, 4.69) is 38.1 Å². The molecule has 0 aliphatic heterocycles. The average molecular weight is 255 g/mol. The number of aryl methyl sites for hydroxylation is 2. The van der Waals surface area contributed by atoms with E-state index >= 15 is 0 Å². The minimum absolute atomic E-state index is 0.606. The lowest BCUT2D eigenvalue weighted by molar-refractivity contribution is 0.302. The van der Waals surface area contributed by atoms with E-state index in [0.29, 0.717) is 13.2 Å². The van der Waals surface area contributed by atoms with E-state index in [9.17, 15) is 0 Å². The van der Waals surface area contributed by atoms with Crippen LogP contribution in [0.1, 0.15) is 22.3 Å². The third-order valence-corrected chi connectivity index (χ3v) is 3.27. The molecule has 2 aromatic rings. The zero-order chi connectivity index (χ0) is 13.7. The van der Waals surface area contributed by atoms with Gasteiger partial charge in [0.1, 0.15) is 12.4 Å². The molecular weight excluding hydrogens is 234 g/mol. The molecule has 0 saturated heterocycles. The summed E-state index contributed by atoms with van der Waals surface area (Å²) in [6, 6.07) is 14.6. The molecule has 0 heterocycles. The van der Waals surface area contributed by atoms with Crippen LogP contribution in [0.3, 0.4) is 0 Å². The third kappa shape index (κ3) is 3.58. The Labute approximate surface area is 115 Å². The van der Waals surface area contributed by atoms with Gasteiger partial charge in [0.2, 0.25) is 0 Å². The van der Waals surface area contributed by atoms with Crippen molar-refractivity contribution < 1.29 is 4.74 Å². The van der Waals surface area contributed by atoms with Crippen molar-refractivity contribution in [2.24, 2.45) is 5.73 Å². The summed E-state index contributed by atoms with van der Waals surface area (Å²) >= 11 is 0. The second-order valence-electron chi connectivity index (χ2n) is 4.87. The summed E-state index contributed by atoms with van der Waals surface area (Å²) in [6.07, 6.45) is 0.850. The van der Waals surface area contributed by atoms with Crippen molar-refractivity contribution >= 4 is 0 Å². The first-order valence-electron chi connectivity index (χ1n) is 6.67. The van der Waals surface area contributed by atoms with Crippen LogP contribution in [0, 0.1) is 13.8 Å². The first-order chi connectivity index (χ1) is 9.20. The van der Waals surface area contributed by atoms with Crippen molar-refractivity contribution in [1.82, 2.24) is 0 Å². The van der Waals surface area contributed by atoms with Gasteiger partial charge in [-0.25, -0.2) is 0 Å². The van der Waals surface area contributed by atoms with Crippen LogP contribution in [0.4, 0.5) is 0 Å². The quantitative estimate of drug-likeness (QED) is 0.889.